The highest BCUT2D eigenvalue weighted by molar-refractivity contribution is 5.35. The van der Waals surface area contributed by atoms with Crippen molar-refractivity contribution in [3.8, 4) is 0 Å². The van der Waals surface area contributed by atoms with E-state index in [9.17, 15) is 4.79 Å². The highest BCUT2D eigenvalue weighted by atomic mass is 16.1. The highest BCUT2D eigenvalue weighted by Crippen LogP contribution is 2.30. The summed E-state index contributed by atoms with van der Waals surface area (Å²) in [6.07, 6.45) is 0. The maximum Gasteiger partial charge on any atom is 0.259 e. The van der Waals surface area contributed by atoms with Gasteiger partial charge in [0.25, 0.3) is 5.56 Å². The fourth-order valence-corrected chi connectivity index (χ4v) is 5.04. The van der Waals surface area contributed by atoms with E-state index in [4.69, 9.17) is 4.98 Å². The number of nitrogens with zero attached hydrogens (tertiary/aromatic N) is 3. The van der Waals surface area contributed by atoms with Crippen LogP contribution in [0.4, 0.5) is 0 Å². The van der Waals surface area contributed by atoms with Crippen molar-refractivity contribution in [2.24, 2.45) is 0 Å². The molecule has 2 heterocycles. The van der Waals surface area contributed by atoms with Crippen LogP contribution in [0.25, 0.3) is 0 Å². The van der Waals surface area contributed by atoms with Crippen molar-refractivity contribution in [3.05, 3.63) is 135 Å². The zero-order valence-electron chi connectivity index (χ0n) is 19.2. The summed E-state index contributed by atoms with van der Waals surface area (Å²) >= 11 is 0. The van der Waals surface area contributed by atoms with Crippen molar-refractivity contribution in [2.75, 3.05) is 6.54 Å². The van der Waals surface area contributed by atoms with Gasteiger partial charge in [0, 0.05) is 25.6 Å². The zero-order valence-corrected chi connectivity index (χ0v) is 19.2. The van der Waals surface area contributed by atoms with Crippen molar-refractivity contribution in [1.82, 2.24) is 14.5 Å². The molecule has 1 atom stereocenters. The molecular weight excluding hydrogens is 406 g/mol. The molecule has 1 unspecified atom stereocenters. The van der Waals surface area contributed by atoms with Crippen molar-refractivity contribution in [2.45, 2.75) is 38.9 Å². The summed E-state index contributed by atoms with van der Waals surface area (Å²) in [6, 6.07) is 30.8. The van der Waals surface area contributed by atoms with Gasteiger partial charge in [-0.05, 0) is 23.6 Å². The monoisotopic (exact) mass is 435 g/mol. The Morgan fingerprint density at radius 1 is 0.879 bits per heavy atom. The van der Waals surface area contributed by atoms with E-state index in [1.54, 1.807) is 0 Å². The predicted molar refractivity (Wildman–Crippen MR) is 132 cm³/mol. The van der Waals surface area contributed by atoms with Crippen molar-refractivity contribution >= 4 is 0 Å². The third-order valence-electron chi connectivity index (χ3n) is 6.54. The number of aryl methyl sites for hydroxylation is 1. The molecule has 0 spiro atoms. The largest absolute Gasteiger partial charge is 0.294 e. The molecule has 0 radical (unpaired) electrons. The Morgan fingerprint density at radius 3 is 2.00 bits per heavy atom. The van der Waals surface area contributed by atoms with E-state index < -0.39 is 0 Å². The van der Waals surface area contributed by atoms with E-state index in [1.807, 2.05) is 54.0 Å². The summed E-state index contributed by atoms with van der Waals surface area (Å²) in [7, 11) is 0. The lowest BCUT2D eigenvalue weighted by atomic mass is 9.94. The average molecular weight is 436 g/mol. The Morgan fingerprint density at radius 2 is 1.42 bits per heavy atom. The lowest BCUT2D eigenvalue weighted by molar-refractivity contribution is 0.220. The average Bonchev–Trinajstić information content (AvgIpc) is 2.84. The van der Waals surface area contributed by atoms with Gasteiger partial charge in [0.2, 0.25) is 0 Å². The quantitative estimate of drug-likeness (QED) is 0.426. The molecule has 0 N–H and O–H groups in total. The number of aromatic nitrogens is 2. The Bertz CT molecular complexity index is 1240. The fourth-order valence-electron chi connectivity index (χ4n) is 5.04. The fraction of sp³-hybridized carbons (Fsp3) is 0.241. The van der Waals surface area contributed by atoms with Gasteiger partial charge in [-0.25, -0.2) is 4.98 Å². The van der Waals surface area contributed by atoms with E-state index in [0.717, 1.165) is 41.3 Å². The lowest BCUT2D eigenvalue weighted by Crippen LogP contribution is -2.41. The molecule has 4 heteroatoms. The topological polar surface area (TPSA) is 38.1 Å². The summed E-state index contributed by atoms with van der Waals surface area (Å²) in [5.41, 5.74) is 5.28. The maximum atomic E-state index is 14.1. The molecule has 0 saturated carbocycles. The van der Waals surface area contributed by atoms with Gasteiger partial charge in [0.05, 0.1) is 17.3 Å². The van der Waals surface area contributed by atoms with Crippen LogP contribution in [0, 0.1) is 6.92 Å². The molecule has 1 aromatic heterocycles. The van der Waals surface area contributed by atoms with Crippen LogP contribution < -0.4 is 5.56 Å². The first-order valence-corrected chi connectivity index (χ1v) is 11.6. The van der Waals surface area contributed by atoms with Crippen LogP contribution in [-0.2, 0) is 13.1 Å². The molecule has 166 valence electrons. The summed E-state index contributed by atoms with van der Waals surface area (Å²) in [6.45, 7) is 6.50. The van der Waals surface area contributed by atoms with Crippen molar-refractivity contribution in [3.63, 3.8) is 0 Å². The van der Waals surface area contributed by atoms with Gasteiger partial charge in [0.1, 0.15) is 5.82 Å². The first-order valence-electron chi connectivity index (χ1n) is 11.6. The van der Waals surface area contributed by atoms with Gasteiger partial charge in [-0.3, -0.25) is 14.3 Å². The van der Waals surface area contributed by atoms with Crippen LogP contribution in [-0.4, -0.2) is 21.0 Å². The Kier molecular flexibility index (Phi) is 5.93. The number of rotatable bonds is 5. The summed E-state index contributed by atoms with van der Waals surface area (Å²) < 4.78 is 1.89. The van der Waals surface area contributed by atoms with E-state index in [-0.39, 0.29) is 17.5 Å². The first-order chi connectivity index (χ1) is 16.1. The smallest absolute Gasteiger partial charge is 0.259 e. The Labute approximate surface area is 195 Å². The van der Waals surface area contributed by atoms with Gasteiger partial charge >= 0.3 is 0 Å². The Balaban J connectivity index is 1.61. The summed E-state index contributed by atoms with van der Waals surface area (Å²) in [5, 5.41) is 0. The van der Waals surface area contributed by atoms with Gasteiger partial charge < -0.3 is 0 Å². The number of hydrogen-bond donors (Lipinski definition) is 0. The maximum absolute atomic E-state index is 14.1. The second-order valence-electron chi connectivity index (χ2n) is 8.98. The molecule has 4 aromatic rings. The van der Waals surface area contributed by atoms with Gasteiger partial charge in [-0.1, -0.05) is 97.9 Å². The third kappa shape index (κ3) is 4.27. The molecule has 4 nitrogen and oxygen atoms in total. The second kappa shape index (κ2) is 9.16. The van der Waals surface area contributed by atoms with Crippen LogP contribution in [0.3, 0.4) is 0 Å². The van der Waals surface area contributed by atoms with Crippen molar-refractivity contribution in [1.29, 1.82) is 0 Å². The van der Waals surface area contributed by atoms with Crippen LogP contribution in [0.2, 0.25) is 0 Å². The van der Waals surface area contributed by atoms with Crippen LogP contribution in [0.1, 0.15) is 52.7 Å². The first kappa shape index (κ1) is 21.4. The molecule has 3 aromatic carbocycles. The van der Waals surface area contributed by atoms with E-state index in [0.29, 0.717) is 6.54 Å². The normalized spacial score (nSPS) is 16.0. The molecule has 0 amide bonds. The molecule has 0 fully saturated rings. The minimum absolute atomic E-state index is 0.0693. The van der Waals surface area contributed by atoms with Crippen molar-refractivity contribution < 1.29 is 0 Å². The van der Waals surface area contributed by atoms with Crippen LogP contribution in [0.15, 0.2) is 95.8 Å². The van der Waals surface area contributed by atoms with Gasteiger partial charge in [-0.15, -0.1) is 0 Å². The molecular formula is C29H29N3O. The minimum atomic E-state index is -0.211. The molecule has 1 aliphatic rings. The van der Waals surface area contributed by atoms with Crippen LogP contribution >= 0.6 is 0 Å². The molecule has 5 rings (SSSR count). The molecule has 1 aliphatic heterocycles. The minimum Gasteiger partial charge on any atom is -0.294 e. The highest BCUT2D eigenvalue weighted by Gasteiger charge is 2.30. The van der Waals surface area contributed by atoms with E-state index in [2.05, 4.69) is 60.4 Å². The molecule has 33 heavy (non-hydrogen) atoms. The third-order valence-corrected chi connectivity index (χ3v) is 6.54. The predicted octanol–water partition coefficient (Wildman–Crippen LogP) is 5.31. The van der Waals surface area contributed by atoms with Gasteiger partial charge in [-0.2, -0.15) is 0 Å². The van der Waals surface area contributed by atoms with E-state index >= 15 is 0 Å². The number of fused-ring (bicyclic) bond motifs is 1. The number of benzene rings is 3. The zero-order chi connectivity index (χ0) is 22.8. The standard InChI is InChI=1S/C29H29N3O/c1-21-18-31(19-23-12-6-3-7-13-23)20-26-27(21)30-22(2)32(29(26)33)28(24-14-8-4-9-15-24)25-16-10-5-11-17-25/h3-17,21,28H,18-20H2,1-2H3. The Hall–Kier alpha value is -3.50. The summed E-state index contributed by atoms with van der Waals surface area (Å²) in [4.78, 5) is 21.4. The van der Waals surface area contributed by atoms with E-state index in [1.165, 1.54) is 5.56 Å². The SMILES string of the molecule is Cc1nc2c(c(=O)n1C(c1ccccc1)c1ccccc1)CN(Cc1ccccc1)CC2C. The second-order valence-corrected chi connectivity index (χ2v) is 8.98. The molecule has 0 aliphatic carbocycles. The molecule has 0 bridgehead atoms. The van der Waals surface area contributed by atoms with Gasteiger partial charge in [0.15, 0.2) is 0 Å². The lowest BCUT2D eigenvalue weighted by Gasteiger charge is -2.33. The summed E-state index contributed by atoms with van der Waals surface area (Å²) in [5.74, 6) is 0.977. The number of hydrogen-bond acceptors (Lipinski definition) is 3. The van der Waals surface area contributed by atoms with Crippen LogP contribution in [0.5, 0.6) is 0 Å². The molecule has 0 saturated heterocycles.